The molecule has 1 aromatic heterocycles. The zero-order chi connectivity index (χ0) is 20.9. The van der Waals surface area contributed by atoms with E-state index in [1.807, 2.05) is 6.07 Å². The Morgan fingerprint density at radius 3 is 2.67 bits per heavy atom. The molecule has 0 atom stereocenters. The summed E-state index contributed by atoms with van der Waals surface area (Å²) in [5.41, 5.74) is 3.52. The molecule has 2 N–H and O–H groups in total. The number of hydrogen-bond acceptors (Lipinski definition) is 6. The summed E-state index contributed by atoms with van der Waals surface area (Å²) in [6.07, 6.45) is -0.987. The highest BCUT2D eigenvalue weighted by Crippen LogP contribution is 2.41. The van der Waals surface area contributed by atoms with Gasteiger partial charge in [-0.25, -0.2) is 8.78 Å². The molecular formula is C22H23F2N5O. The Morgan fingerprint density at radius 1 is 1.13 bits per heavy atom. The molecule has 8 heteroatoms. The van der Waals surface area contributed by atoms with Gasteiger partial charge in [0.2, 0.25) is 0 Å². The minimum absolute atomic E-state index is 0.169. The zero-order valence-electron chi connectivity index (χ0n) is 16.6. The number of nitrogens with zero attached hydrogens (tertiary/aromatic N) is 4. The van der Waals surface area contributed by atoms with Gasteiger partial charge in [0.15, 0.2) is 0 Å². The van der Waals surface area contributed by atoms with E-state index in [9.17, 15) is 13.9 Å². The molecule has 6 nitrogen and oxygen atoms in total. The molecule has 1 spiro atoms. The number of aromatic nitrogens is 2. The predicted molar refractivity (Wildman–Crippen MR) is 112 cm³/mol. The summed E-state index contributed by atoms with van der Waals surface area (Å²) in [5, 5.41) is 22.2. The number of alkyl halides is 2. The van der Waals surface area contributed by atoms with Gasteiger partial charge in [-0.05, 0) is 49.0 Å². The lowest BCUT2D eigenvalue weighted by atomic mass is 9.73. The number of fused-ring (bicyclic) bond motifs is 1. The van der Waals surface area contributed by atoms with Crippen molar-refractivity contribution in [1.29, 1.82) is 0 Å². The molecule has 0 unspecified atom stereocenters. The smallest absolute Gasteiger partial charge is 0.263 e. The van der Waals surface area contributed by atoms with Crippen LogP contribution in [-0.4, -0.2) is 53.4 Å². The Kier molecular flexibility index (Phi) is 4.47. The number of phenolic OH excluding ortho intramolecular Hbond substituents is 1. The minimum Gasteiger partial charge on any atom is -0.508 e. The Balaban J connectivity index is 1.36. The van der Waals surface area contributed by atoms with Crippen LogP contribution in [0.3, 0.4) is 0 Å². The third-order valence-electron chi connectivity index (χ3n) is 5.99. The molecule has 2 saturated heterocycles. The number of likely N-dealkylation sites (tertiary alicyclic amines) is 1. The van der Waals surface area contributed by atoms with Crippen LogP contribution in [0.5, 0.6) is 5.75 Å². The molecule has 5 rings (SSSR count). The van der Waals surface area contributed by atoms with Gasteiger partial charge in [-0.2, -0.15) is 10.2 Å². The number of rotatable bonds is 5. The lowest BCUT2D eigenvalue weighted by Crippen LogP contribution is -2.71. The molecule has 0 bridgehead atoms. The summed E-state index contributed by atoms with van der Waals surface area (Å²) in [6.45, 7) is 4.71. The van der Waals surface area contributed by atoms with Crippen molar-refractivity contribution < 1.29 is 13.9 Å². The van der Waals surface area contributed by atoms with Crippen LogP contribution in [0.15, 0.2) is 42.6 Å². The van der Waals surface area contributed by atoms with E-state index in [0.29, 0.717) is 11.0 Å². The summed E-state index contributed by atoms with van der Waals surface area (Å²) >= 11 is 0. The largest absolute Gasteiger partial charge is 0.508 e. The monoisotopic (exact) mass is 411 g/mol. The molecule has 30 heavy (non-hydrogen) atoms. The van der Waals surface area contributed by atoms with Crippen LogP contribution in [0.25, 0.3) is 10.9 Å². The molecule has 0 saturated carbocycles. The van der Waals surface area contributed by atoms with Gasteiger partial charge in [0.1, 0.15) is 5.75 Å². The lowest BCUT2D eigenvalue weighted by molar-refractivity contribution is -0.00237. The summed E-state index contributed by atoms with van der Waals surface area (Å²) in [4.78, 5) is 4.72. The number of anilines is 2. The second kappa shape index (κ2) is 7.05. The van der Waals surface area contributed by atoms with Gasteiger partial charge >= 0.3 is 0 Å². The first-order valence-corrected chi connectivity index (χ1v) is 9.95. The average Bonchev–Trinajstić information content (AvgIpc) is 2.67. The molecule has 3 aromatic rings. The van der Waals surface area contributed by atoms with Crippen LogP contribution < -0.4 is 10.2 Å². The van der Waals surface area contributed by atoms with Gasteiger partial charge in [0, 0.05) is 54.8 Å². The molecule has 2 aliphatic heterocycles. The highest BCUT2D eigenvalue weighted by molar-refractivity contribution is 5.93. The Hall–Kier alpha value is -3.00. The van der Waals surface area contributed by atoms with Crippen molar-refractivity contribution in [2.75, 3.05) is 43.4 Å². The second-order valence-electron chi connectivity index (χ2n) is 8.58. The summed E-state index contributed by atoms with van der Waals surface area (Å²) in [7, 11) is 2.15. The number of aromatic hydroxyl groups is 1. The molecule has 0 radical (unpaired) electrons. The Morgan fingerprint density at radius 2 is 1.93 bits per heavy atom. The molecule has 156 valence electrons. The van der Waals surface area contributed by atoms with Crippen LogP contribution >= 0.6 is 0 Å². The van der Waals surface area contributed by atoms with E-state index in [0.717, 1.165) is 54.5 Å². The molecular weight excluding hydrogens is 388 g/mol. The molecule has 0 aliphatic carbocycles. The number of benzene rings is 2. The van der Waals surface area contributed by atoms with Crippen molar-refractivity contribution in [2.45, 2.75) is 13.0 Å². The quantitative estimate of drug-likeness (QED) is 0.669. The van der Waals surface area contributed by atoms with Gasteiger partial charge in [-0.15, -0.1) is 0 Å². The number of hydrogen-bond donors (Lipinski definition) is 2. The van der Waals surface area contributed by atoms with Crippen LogP contribution in [0.2, 0.25) is 0 Å². The predicted octanol–water partition coefficient (Wildman–Crippen LogP) is 3.64. The maximum Gasteiger partial charge on any atom is 0.263 e. The fraction of sp³-hybridized carbons (Fsp3) is 0.364. The van der Waals surface area contributed by atoms with Crippen molar-refractivity contribution in [3.63, 3.8) is 0 Å². The fourth-order valence-electron chi connectivity index (χ4n) is 4.75. The van der Waals surface area contributed by atoms with E-state index in [1.54, 1.807) is 6.20 Å². The van der Waals surface area contributed by atoms with Crippen LogP contribution in [-0.2, 0) is 6.54 Å². The second-order valence-corrected chi connectivity index (χ2v) is 8.58. The van der Waals surface area contributed by atoms with Gasteiger partial charge in [0.05, 0.1) is 17.4 Å². The van der Waals surface area contributed by atoms with Crippen molar-refractivity contribution >= 4 is 22.3 Å². The van der Waals surface area contributed by atoms with Gasteiger partial charge in [0.25, 0.3) is 6.43 Å². The van der Waals surface area contributed by atoms with Crippen LogP contribution in [0.4, 0.5) is 20.2 Å². The van der Waals surface area contributed by atoms with E-state index >= 15 is 0 Å². The van der Waals surface area contributed by atoms with Crippen molar-refractivity contribution in [3.8, 4) is 5.75 Å². The zero-order valence-corrected chi connectivity index (χ0v) is 16.6. The van der Waals surface area contributed by atoms with Crippen LogP contribution in [0.1, 0.15) is 17.6 Å². The number of nitrogens with one attached hydrogen (secondary N) is 1. The first kappa shape index (κ1) is 19.0. The molecule has 2 aliphatic rings. The highest BCUT2D eigenvalue weighted by atomic mass is 19.3. The number of phenols is 1. The maximum absolute atomic E-state index is 13.0. The number of halogens is 2. The van der Waals surface area contributed by atoms with Crippen molar-refractivity contribution in [1.82, 2.24) is 15.1 Å². The topological polar surface area (TPSA) is 64.5 Å². The van der Waals surface area contributed by atoms with Gasteiger partial charge in [-0.1, -0.05) is 0 Å². The van der Waals surface area contributed by atoms with E-state index in [-0.39, 0.29) is 17.9 Å². The van der Waals surface area contributed by atoms with E-state index in [1.165, 1.54) is 12.1 Å². The van der Waals surface area contributed by atoms with Crippen LogP contribution in [0, 0.1) is 5.41 Å². The third-order valence-corrected chi connectivity index (χ3v) is 5.99. The van der Waals surface area contributed by atoms with E-state index < -0.39 is 6.43 Å². The molecule has 2 aromatic carbocycles. The highest BCUT2D eigenvalue weighted by Gasteiger charge is 2.50. The Labute approximate surface area is 173 Å². The minimum atomic E-state index is -2.63. The molecule has 2 fully saturated rings. The Bertz CT molecular complexity index is 1090. The van der Waals surface area contributed by atoms with Crippen molar-refractivity contribution in [3.05, 3.63) is 53.7 Å². The summed E-state index contributed by atoms with van der Waals surface area (Å²) in [5.74, 6) is -0.169. The first-order chi connectivity index (χ1) is 14.4. The third kappa shape index (κ3) is 3.41. The SMILES string of the molecule is CN1CC2(C1)CN(c1ccc3nncc(NCc4cc(O)cc(C(F)F)c4)c3c1)C2. The van der Waals surface area contributed by atoms with E-state index in [2.05, 4.69) is 44.5 Å². The standard InChI is InChI=1S/C22H23F2N5O/c1-28-10-22(11-28)12-29(13-22)16-2-3-19-18(7-16)20(9-26-27-19)25-8-14-4-15(21(23)24)6-17(30)5-14/h2-7,9,21,30H,8,10-13H2,1H3,(H,25,27). The lowest BCUT2D eigenvalue weighted by Gasteiger charge is -2.60. The van der Waals surface area contributed by atoms with Gasteiger partial charge in [-0.3, -0.25) is 0 Å². The summed E-state index contributed by atoms with van der Waals surface area (Å²) in [6, 6.07) is 10.1. The maximum atomic E-state index is 13.0. The van der Waals surface area contributed by atoms with Gasteiger partial charge < -0.3 is 20.2 Å². The average molecular weight is 411 g/mol. The van der Waals surface area contributed by atoms with Crippen molar-refractivity contribution in [2.24, 2.45) is 5.41 Å². The first-order valence-electron chi connectivity index (χ1n) is 9.95. The van der Waals surface area contributed by atoms with E-state index in [4.69, 9.17) is 0 Å². The summed E-state index contributed by atoms with van der Waals surface area (Å²) < 4.78 is 26.0. The normalized spacial score (nSPS) is 17.9. The fourth-order valence-corrected chi connectivity index (χ4v) is 4.75. The molecule has 3 heterocycles. The molecule has 0 amide bonds.